The smallest absolute Gasteiger partial charge is 0.248 e. The first kappa shape index (κ1) is 10.8. The average molecular weight is 250 g/mol. The first-order valence-corrected chi connectivity index (χ1v) is 7.17. The molecule has 2 aliphatic heterocycles. The number of nitrogens with zero attached hydrogens (tertiary/aromatic N) is 1. The third-order valence-electron chi connectivity index (χ3n) is 3.30. The molecule has 2 heterocycles. The maximum absolute atomic E-state index is 11.9. The van der Waals surface area contributed by atoms with Crippen LogP contribution in [0.3, 0.4) is 0 Å². The maximum Gasteiger partial charge on any atom is 0.248 e. The van der Waals surface area contributed by atoms with E-state index in [9.17, 15) is 9.00 Å². The third-order valence-corrected chi connectivity index (χ3v) is 4.63. The summed E-state index contributed by atoms with van der Waals surface area (Å²) in [5.41, 5.74) is 3.10. The quantitative estimate of drug-likeness (QED) is 0.744. The standard InChI is InChI=1S/C12H14N2O2S/c1-8-2-3-9-10(6-8)14-4-5-17(16)7-11(14)12(15)13-9/h2-3,6,11H,4-5,7H2,1H3,(H,13,15). The molecule has 2 unspecified atom stereocenters. The summed E-state index contributed by atoms with van der Waals surface area (Å²) in [6.07, 6.45) is 0. The Morgan fingerprint density at radius 2 is 2.29 bits per heavy atom. The van der Waals surface area contributed by atoms with Crippen LogP contribution in [0.1, 0.15) is 5.56 Å². The first-order valence-electron chi connectivity index (χ1n) is 5.68. The third kappa shape index (κ3) is 1.74. The van der Waals surface area contributed by atoms with Crippen LogP contribution in [0.4, 0.5) is 11.4 Å². The highest BCUT2D eigenvalue weighted by atomic mass is 32.2. The van der Waals surface area contributed by atoms with Crippen molar-refractivity contribution in [1.29, 1.82) is 0 Å². The van der Waals surface area contributed by atoms with E-state index in [4.69, 9.17) is 0 Å². The van der Waals surface area contributed by atoms with Gasteiger partial charge in [0.15, 0.2) is 0 Å². The number of nitrogens with one attached hydrogen (secondary N) is 1. The number of hydrogen-bond donors (Lipinski definition) is 1. The summed E-state index contributed by atoms with van der Waals surface area (Å²) in [5.74, 6) is 1.06. The number of amides is 1. The maximum atomic E-state index is 11.9. The zero-order valence-electron chi connectivity index (χ0n) is 9.60. The van der Waals surface area contributed by atoms with E-state index < -0.39 is 10.8 Å². The van der Waals surface area contributed by atoms with E-state index in [2.05, 4.69) is 16.3 Å². The second-order valence-corrected chi connectivity index (χ2v) is 6.15. The lowest BCUT2D eigenvalue weighted by Crippen LogP contribution is -2.55. The molecule has 0 spiro atoms. The molecule has 5 heteroatoms. The zero-order chi connectivity index (χ0) is 12.0. The summed E-state index contributed by atoms with van der Waals surface area (Å²) in [4.78, 5) is 14.0. The van der Waals surface area contributed by atoms with Gasteiger partial charge in [0.1, 0.15) is 6.04 Å². The van der Waals surface area contributed by atoms with Crippen LogP contribution >= 0.6 is 0 Å². The van der Waals surface area contributed by atoms with Crippen LogP contribution in [-0.4, -0.2) is 34.2 Å². The van der Waals surface area contributed by atoms with Gasteiger partial charge in [0.25, 0.3) is 0 Å². The summed E-state index contributed by atoms with van der Waals surface area (Å²) in [5, 5.41) is 2.89. The fraction of sp³-hybridized carbons (Fsp3) is 0.417. The Morgan fingerprint density at radius 1 is 1.47 bits per heavy atom. The highest BCUT2D eigenvalue weighted by Crippen LogP contribution is 2.34. The molecule has 0 aliphatic carbocycles. The van der Waals surface area contributed by atoms with Crippen LogP contribution < -0.4 is 10.2 Å². The van der Waals surface area contributed by atoms with Crippen LogP contribution in [0, 0.1) is 6.92 Å². The van der Waals surface area contributed by atoms with Crippen LogP contribution in [0.25, 0.3) is 0 Å². The molecule has 0 bridgehead atoms. The van der Waals surface area contributed by atoms with Crippen molar-refractivity contribution in [3.63, 3.8) is 0 Å². The van der Waals surface area contributed by atoms with Crippen LogP contribution in [-0.2, 0) is 15.6 Å². The monoisotopic (exact) mass is 250 g/mol. The molecule has 17 heavy (non-hydrogen) atoms. The Balaban J connectivity index is 2.06. The number of anilines is 2. The lowest BCUT2D eigenvalue weighted by Gasteiger charge is -2.40. The van der Waals surface area contributed by atoms with Gasteiger partial charge in [0.05, 0.1) is 17.1 Å². The van der Waals surface area contributed by atoms with Crippen molar-refractivity contribution >= 4 is 28.1 Å². The van der Waals surface area contributed by atoms with Crippen molar-refractivity contribution in [2.75, 3.05) is 28.3 Å². The summed E-state index contributed by atoms with van der Waals surface area (Å²) in [6.45, 7) is 2.73. The van der Waals surface area contributed by atoms with Crippen LogP contribution in [0.15, 0.2) is 18.2 Å². The Bertz CT molecular complexity index is 515. The van der Waals surface area contributed by atoms with Crippen molar-refractivity contribution in [3.05, 3.63) is 23.8 Å². The number of carbonyl (C=O) groups is 1. The molecule has 1 fully saturated rings. The Kier molecular flexibility index (Phi) is 2.43. The minimum atomic E-state index is -0.864. The van der Waals surface area contributed by atoms with Crippen molar-refractivity contribution in [1.82, 2.24) is 0 Å². The van der Waals surface area contributed by atoms with Crippen molar-refractivity contribution in [2.45, 2.75) is 13.0 Å². The molecular formula is C12H14N2O2S. The van der Waals surface area contributed by atoms with E-state index in [1.807, 2.05) is 19.1 Å². The first-order chi connectivity index (χ1) is 8.15. The molecule has 2 aliphatic rings. The molecule has 1 N–H and O–H groups in total. The molecule has 0 saturated carbocycles. The molecule has 4 nitrogen and oxygen atoms in total. The summed E-state index contributed by atoms with van der Waals surface area (Å²) in [7, 11) is -0.864. The van der Waals surface area contributed by atoms with Gasteiger partial charge in [-0.05, 0) is 24.6 Å². The minimum absolute atomic E-state index is 0.0330. The topological polar surface area (TPSA) is 49.4 Å². The van der Waals surface area contributed by atoms with Crippen molar-refractivity contribution in [3.8, 4) is 0 Å². The van der Waals surface area contributed by atoms with E-state index in [-0.39, 0.29) is 11.9 Å². The van der Waals surface area contributed by atoms with Gasteiger partial charge in [-0.1, -0.05) is 6.07 Å². The number of rotatable bonds is 0. The number of fused-ring (bicyclic) bond motifs is 3. The number of carbonyl (C=O) groups excluding carboxylic acids is 1. The number of benzene rings is 1. The van der Waals surface area contributed by atoms with E-state index in [1.165, 1.54) is 5.56 Å². The average Bonchev–Trinajstić information content (AvgIpc) is 2.30. The van der Waals surface area contributed by atoms with Gasteiger partial charge < -0.3 is 10.2 Å². The SMILES string of the molecule is Cc1ccc2c(c1)N1CCS(=O)CC1C(=O)N2. The van der Waals surface area contributed by atoms with Crippen molar-refractivity contribution in [2.24, 2.45) is 0 Å². The molecular weight excluding hydrogens is 236 g/mol. The minimum Gasteiger partial charge on any atom is -0.356 e. The molecule has 1 aromatic rings. The second kappa shape index (κ2) is 3.84. The molecule has 3 rings (SSSR count). The van der Waals surface area contributed by atoms with E-state index in [0.717, 1.165) is 11.4 Å². The highest BCUT2D eigenvalue weighted by Gasteiger charge is 2.36. The fourth-order valence-electron chi connectivity index (χ4n) is 2.41. The summed E-state index contributed by atoms with van der Waals surface area (Å²) in [6, 6.07) is 5.74. The van der Waals surface area contributed by atoms with Crippen LogP contribution in [0.5, 0.6) is 0 Å². The predicted octanol–water partition coefficient (Wildman–Crippen LogP) is 0.884. The fourth-order valence-corrected chi connectivity index (χ4v) is 3.66. The number of aryl methyl sites for hydroxylation is 1. The largest absolute Gasteiger partial charge is 0.356 e. The molecule has 0 aromatic heterocycles. The lowest BCUT2D eigenvalue weighted by molar-refractivity contribution is -0.117. The van der Waals surface area contributed by atoms with Gasteiger partial charge in [0.2, 0.25) is 5.91 Å². The Labute approximate surface area is 102 Å². The van der Waals surface area contributed by atoms with Gasteiger partial charge in [-0.15, -0.1) is 0 Å². The van der Waals surface area contributed by atoms with Gasteiger partial charge in [-0.2, -0.15) is 0 Å². The van der Waals surface area contributed by atoms with Crippen molar-refractivity contribution < 1.29 is 9.00 Å². The van der Waals surface area contributed by atoms with Gasteiger partial charge >= 0.3 is 0 Å². The second-order valence-electron chi connectivity index (χ2n) is 4.53. The van der Waals surface area contributed by atoms with Crippen LogP contribution in [0.2, 0.25) is 0 Å². The molecule has 1 aromatic carbocycles. The molecule has 1 amide bonds. The zero-order valence-corrected chi connectivity index (χ0v) is 10.4. The van der Waals surface area contributed by atoms with E-state index in [0.29, 0.717) is 18.1 Å². The predicted molar refractivity (Wildman–Crippen MR) is 68.8 cm³/mol. The van der Waals surface area contributed by atoms with Gasteiger partial charge in [-0.3, -0.25) is 9.00 Å². The number of hydrogen-bond acceptors (Lipinski definition) is 3. The molecule has 90 valence electrons. The Hall–Kier alpha value is -1.36. The van der Waals surface area contributed by atoms with Gasteiger partial charge in [-0.25, -0.2) is 0 Å². The van der Waals surface area contributed by atoms with Gasteiger partial charge in [0, 0.05) is 23.1 Å². The molecule has 2 atom stereocenters. The molecule has 0 radical (unpaired) electrons. The lowest BCUT2D eigenvalue weighted by atomic mass is 10.1. The molecule has 1 saturated heterocycles. The van der Waals surface area contributed by atoms with E-state index >= 15 is 0 Å². The Morgan fingerprint density at radius 3 is 3.12 bits per heavy atom. The summed E-state index contributed by atoms with van der Waals surface area (Å²) >= 11 is 0. The van der Waals surface area contributed by atoms with E-state index in [1.54, 1.807) is 0 Å². The normalized spacial score (nSPS) is 27.1. The summed E-state index contributed by atoms with van der Waals surface area (Å²) < 4.78 is 11.5. The highest BCUT2D eigenvalue weighted by molar-refractivity contribution is 7.85.